The Kier molecular flexibility index (Phi) is 4.19. The molecule has 18 heavy (non-hydrogen) atoms. The molecule has 1 aromatic rings. The molecule has 3 nitrogen and oxygen atoms in total. The molecule has 1 fully saturated rings. The minimum atomic E-state index is -0.352. The summed E-state index contributed by atoms with van der Waals surface area (Å²) in [7, 11) is 3.53. The van der Waals surface area contributed by atoms with Gasteiger partial charge in [-0.05, 0) is 43.5 Å². The largest absolute Gasteiger partial charge is 0.494 e. The van der Waals surface area contributed by atoms with Crippen molar-refractivity contribution in [3.05, 3.63) is 29.6 Å². The van der Waals surface area contributed by atoms with Crippen molar-refractivity contribution in [3.8, 4) is 5.75 Å². The van der Waals surface area contributed by atoms with E-state index >= 15 is 0 Å². The topological polar surface area (TPSA) is 38.5 Å². The van der Waals surface area contributed by atoms with Crippen LogP contribution < -0.4 is 10.5 Å². The Morgan fingerprint density at radius 1 is 1.50 bits per heavy atom. The molecule has 100 valence electrons. The van der Waals surface area contributed by atoms with Gasteiger partial charge in [0, 0.05) is 19.1 Å². The molecule has 0 saturated heterocycles. The lowest BCUT2D eigenvalue weighted by atomic mass is 10.1. The Morgan fingerprint density at radius 2 is 2.22 bits per heavy atom. The van der Waals surface area contributed by atoms with Crippen LogP contribution in [0.2, 0.25) is 0 Å². The summed E-state index contributed by atoms with van der Waals surface area (Å²) in [6.45, 7) is 1.84. The van der Waals surface area contributed by atoms with Gasteiger partial charge in [0.1, 0.15) is 0 Å². The van der Waals surface area contributed by atoms with E-state index < -0.39 is 0 Å². The van der Waals surface area contributed by atoms with Crippen LogP contribution >= 0.6 is 0 Å². The normalized spacial score (nSPS) is 16.9. The summed E-state index contributed by atoms with van der Waals surface area (Å²) >= 11 is 0. The predicted octanol–water partition coefficient (Wildman–Crippen LogP) is 2.18. The second kappa shape index (κ2) is 5.67. The second-order valence-corrected chi connectivity index (χ2v) is 5.17. The summed E-state index contributed by atoms with van der Waals surface area (Å²) in [6.07, 6.45) is 2.66. The number of ether oxygens (including phenoxy) is 1. The van der Waals surface area contributed by atoms with Crippen LogP contribution in [0.5, 0.6) is 5.75 Å². The minimum Gasteiger partial charge on any atom is -0.494 e. The number of hydrogen-bond donors (Lipinski definition) is 1. The maximum Gasteiger partial charge on any atom is 0.165 e. The molecular formula is C14H21FN2O. The van der Waals surface area contributed by atoms with Crippen LogP contribution in [-0.4, -0.2) is 32.1 Å². The van der Waals surface area contributed by atoms with E-state index in [-0.39, 0.29) is 17.6 Å². The molecule has 2 rings (SSSR count). The number of nitrogens with two attached hydrogens (primary N) is 1. The monoisotopic (exact) mass is 252 g/mol. The van der Waals surface area contributed by atoms with Gasteiger partial charge in [-0.2, -0.15) is 0 Å². The highest BCUT2D eigenvalue weighted by Crippen LogP contribution is 2.29. The van der Waals surface area contributed by atoms with Gasteiger partial charge in [0.2, 0.25) is 0 Å². The zero-order chi connectivity index (χ0) is 13.1. The van der Waals surface area contributed by atoms with Gasteiger partial charge in [-0.3, -0.25) is 0 Å². The number of methoxy groups -OCH3 is 1. The smallest absolute Gasteiger partial charge is 0.165 e. The van der Waals surface area contributed by atoms with E-state index in [1.165, 1.54) is 26.0 Å². The number of halogens is 1. The van der Waals surface area contributed by atoms with Crippen molar-refractivity contribution in [2.24, 2.45) is 11.7 Å². The molecule has 1 saturated carbocycles. The number of hydrogen-bond acceptors (Lipinski definition) is 3. The quantitative estimate of drug-likeness (QED) is 0.843. The average Bonchev–Trinajstić information content (AvgIpc) is 3.12. The first-order valence-electron chi connectivity index (χ1n) is 6.37. The Balaban J connectivity index is 1.94. The van der Waals surface area contributed by atoms with Gasteiger partial charge in [-0.25, -0.2) is 4.39 Å². The molecule has 4 heteroatoms. The summed E-state index contributed by atoms with van der Waals surface area (Å²) in [5, 5.41) is 0. The fourth-order valence-corrected chi connectivity index (χ4v) is 2.17. The van der Waals surface area contributed by atoms with Crippen LogP contribution in [0.1, 0.15) is 24.4 Å². The van der Waals surface area contributed by atoms with Crippen LogP contribution in [0.4, 0.5) is 4.39 Å². The van der Waals surface area contributed by atoms with Crippen molar-refractivity contribution in [1.29, 1.82) is 0 Å². The van der Waals surface area contributed by atoms with Gasteiger partial charge in [0.15, 0.2) is 11.6 Å². The Bertz CT molecular complexity index is 407. The molecule has 0 aromatic heterocycles. The SMILES string of the molecule is COc1ccc(C(N)CN(C)CC2CC2)cc1F. The third kappa shape index (κ3) is 3.43. The summed E-state index contributed by atoms with van der Waals surface area (Å²) in [4.78, 5) is 2.23. The Hall–Kier alpha value is -1.13. The Labute approximate surface area is 108 Å². The highest BCUT2D eigenvalue weighted by Gasteiger charge is 2.23. The zero-order valence-corrected chi connectivity index (χ0v) is 11.0. The molecule has 1 aromatic carbocycles. The summed E-state index contributed by atoms with van der Waals surface area (Å²) in [5.41, 5.74) is 6.92. The van der Waals surface area contributed by atoms with Crippen molar-refractivity contribution in [3.63, 3.8) is 0 Å². The number of rotatable bonds is 6. The van der Waals surface area contributed by atoms with Crippen molar-refractivity contribution < 1.29 is 9.13 Å². The van der Waals surface area contributed by atoms with Crippen molar-refractivity contribution >= 4 is 0 Å². The summed E-state index contributed by atoms with van der Waals surface area (Å²) < 4.78 is 18.5. The van der Waals surface area contributed by atoms with E-state index in [1.807, 2.05) is 6.07 Å². The maximum absolute atomic E-state index is 13.6. The zero-order valence-electron chi connectivity index (χ0n) is 11.0. The maximum atomic E-state index is 13.6. The predicted molar refractivity (Wildman–Crippen MR) is 70.1 cm³/mol. The van der Waals surface area contributed by atoms with Gasteiger partial charge in [-0.1, -0.05) is 6.07 Å². The fraction of sp³-hybridized carbons (Fsp3) is 0.571. The Morgan fingerprint density at radius 3 is 2.78 bits per heavy atom. The van der Waals surface area contributed by atoms with Gasteiger partial charge in [0.05, 0.1) is 7.11 Å². The van der Waals surface area contributed by atoms with Crippen LogP contribution in [0, 0.1) is 11.7 Å². The van der Waals surface area contributed by atoms with E-state index in [2.05, 4.69) is 11.9 Å². The van der Waals surface area contributed by atoms with Crippen molar-refractivity contribution in [2.45, 2.75) is 18.9 Å². The van der Waals surface area contributed by atoms with Crippen LogP contribution in [0.15, 0.2) is 18.2 Å². The van der Waals surface area contributed by atoms with Crippen LogP contribution in [0.3, 0.4) is 0 Å². The molecule has 0 radical (unpaired) electrons. The standard InChI is InChI=1S/C14H21FN2O/c1-17(8-10-3-4-10)9-13(16)11-5-6-14(18-2)12(15)7-11/h5-7,10,13H,3-4,8-9,16H2,1-2H3. The number of likely N-dealkylation sites (N-methyl/N-ethyl adjacent to an activating group) is 1. The first-order chi connectivity index (χ1) is 8.60. The third-order valence-corrected chi connectivity index (χ3v) is 3.38. The van der Waals surface area contributed by atoms with Crippen molar-refractivity contribution in [2.75, 3.05) is 27.2 Å². The lowest BCUT2D eigenvalue weighted by Gasteiger charge is -2.21. The highest BCUT2D eigenvalue weighted by molar-refractivity contribution is 5.31. The van der Waals surface area contributed by atoms with E-state index in [4.69, 9.17) is 10.5 Å². The molecule has 0 aliphatic heterocycles. The summed E-state index contributed by atoms with van der Waals surface area (Å²) in [6, 6.07) is 4.77. The van der Waals surface area contributed by atoms with Crippen LogP contribution in [0.25, 0.3) is 0 Å². The second-order valence-electron chi connectivity index (χ2n) is 5.17. The first kappa shape index (κ1) is 13.3. The number of nitrogens with zero attached hydrogens (tertiary/aromatic N) is 1. The van der Waals surface area contributed by atoms with Gasteiger partial charge < -0.3 is 15.4 Å². The minimum absolute atomic E-state index is 0.158. The van der Waals surface area contributed by atoms with Gasteiger partial charge >= 0.3 is 0 Å². The first-order valence-corrected chi connectivity index (χ1v) is 6.37. The molecule has 0 spiro atoms. The van der Waals surface area contributed by atoms with E-state index in [0.717, 1.165) is 24.6 Å². The van der Waals surface area contributed by atoms with Gasteiger partial charge in [-0.15, -0.1) is 0 Å². The summed E-state index contributed by atoms with van der Waals surface area (Å²) in [5.74, 6) is 0.752. The van der Waals surface area contributed by atoms with E-state index in [9.17, 15) is 4.39 Å². The molecule has 0 heterocycles. The lowest BCUT2D eigenvalue weighted by Crippen LogP contribution is -2.30. The highest BCUT2D eigenvalue weighted by atomic mass is 19.1. The molecule has 0 amide bonds. The average molecular weight is 252 g/mol. The fourth-order valence-electron chi connectivity index (χ4n) is 2.17. The van der Waals surface area contributed by atoms with Crippen molar-refractivity contribution in [1.82, 2.24) is 4.90 Å². The van der Waals surface area contributed by atoms with Gasteiger partial charge in [0.25, 0.3) is 0 Å². The van der Waals surface area contributed by atoms with Crippen LogP contribution in [-0.2, 0) is 0 Å². The molecular weight excluding hydrogens is 231 g/mol. The molecule has 1 aliphatic carbocycles. The number of benzene rings is 1. The molecule has 2 N–H and O–H groups in total. The molecule has 1 atom stereocenters. The van der Waals surface area contributed by atoms with E-state index in [0.29, 0.717) is 0 Å². The molecule has 1 aliphatic rings. The molecule has 0 bridgehead atoms. The third-order valence-electron chi connectivity index (χ3n) is 3.38. The lowest BCUT2D eigenvalue weighted by molar-refractivity contribution is 0.300. The molecule has 1 unspecified atom stereocenters. The van der Waals surface area contributed by atoms with E-state index in [1.54, 1.807) is 6.07 Å².